The Kier molecular flexibility index (Phi) is 6.47. The maximum Gasteiger partial charge on any atom is 0.319 e. The molecule has 30 heavy (non-hydrogen) atoms. The second-order valence-corrected chi connectivity index (χ2v) is 14.4. The van der Waals surface area contributed by atoms with Crippen LogP contribution < -0.4 is 9.47 Å². The molecule has 0 N–H and O–H groups in total. The molecule has 0 saturated heterocycles. The molecule has 1 aliphatic rings. The highest BCUT2D eigenvalue weighted by atomic mass is 28.4. The Morgan fingerprint density at radius 1 is 1.13 bits per heavy atom. The van der Waals surface area contributed by atoms with E-state index in [9.17, 15) is 0 Å². The first kappa shape index (κ1) is 22.6. The van der Waals surface area contributed by atoms with Crippen molar-refractivity contribution in [2.24, 2.45) is 5.92 Å². The number of aryl methyl sites for hydroxylation is 1. The second-order valence-electron chi connectivity index (χ2n) is 9.55. The highest BCUT2D eigenvalue weighted by molar-refractivity contribution is 6.74. The predicted octanol–water partition coefficient (Wildman–Crippen LogP) is 4.77. The minimum atomic E-state index is -1.69. The summed E-state index contributed by atoms with van der Waals surface area (Å²) in [5, 5.41) is 9.01. The van der Waals surface area contributed by atoms with Gasteiger partial charge in [-0.3, -0.25) is 0 Å². The van der Waals surface area contributed by atoms with Crippen molar-refractivity contribution in [2.45, 2.75) is 64.6 Å². The maximum atomic E-state index is 6.37. The van der Waals surface area contributed by atoms with Crippen LogP contribution in [0.25, 0.3) is 11.3 Å². The number of aromatic nitrogens is 4. The highest BCUT2D eigenvalue weighted by Gasteiger charge is 2.41. The molecule has 1 aliphatic carbocycles. The third-order valence-corrected chi connectivity index (χ3v) is 11.0. The second kappa shape index (κ2) is 8.59. The van der Waals surface area contributed by atoms with Gasteiger partial charge in [0.2, 0.25) is 5.88 Å². The number of rotatable bonds is 8. The summed E-state index contributed by atoms with van der Waals surface area (Å²) in [5.41, 5.74) is 3.66. The number of ether oxygens (including phenoxy) is 2. The van der Waals surface area contributed by atoms with Crippen molar-refractivity contribution in [3.05, 3.63) is 23.5 Å². The molecule has 2 heterocycles. The van der Waals surface area contributed by atoms with E-state index in [0.29, 0.717) is 23.3 Å². The molecule has 0 spiro atoms. The van der Waals surface area contributed by atoms with Crippen LogP contribution in [-0.2, 0) is 4.43 Å². The van der Waals surface area contributed by atoms with Crippen LogP contribution in [0, 0.1) is 12.8 Å². The van der Waals surface area contributed by atoms with Crippen molar-refractivity contribution in [3.63, 3.8) is 0 Å². The summed E-state index contributed by atoms with van der Waals surface area (Å²) < 4.78 is 16.9. The minimum Gasteiger partial charge on any atom is -0.480 e. The van der Waals surface area contributed by atoms with Gasteiger partial charge in [-0.15, -0.1) is 5.10 Å². The Hall–Kier alpha value is -2.06. The molecule has 1 fully saturated rings. The van der Waals surface area contributed by atoms with E-state index in [1.54, 1.807) is 13.3 Å². The van der Waals surface area contributed by atoms with E-state index in [4.69, 9.17) is 13.9 Å². The third kappa shape index (κ3) is 4.80. The van der Waals surface area contributed by atoms with E-state index in [0.717, 1.165) is 24.4 Å². The highest BCUT2D eigenvalue weighted by Crippen LogP contribution is 2.51. The van der Waals surface area contributed by atoms with Crippen LogP contribution in [0.5, 0.6) is 11.9 Å². The van der Waals surface area contributed by atoms with E-state index < -0.39 is 8.32 Å². The summed E-state index contributed by atoms with van der Waals surface area (Å²) in [4.78, 5) is 8.46. The lowest BCUT2D eigenvalue weighted by molar-refractivity contribution is 0.274. The molecule has 3 rings (SSSR count). The topological polar surface area (TPSA) is 79.2 Å². The van der Waals surface area contributed by atoms with Crippen molar-refractivity contribution >= 4 is 8.32 Å². The number of nitrogens with zero attached hydrogens (tertiary/aromatic N) is 4. The van der Waals surface area contributed by atoms with Gasteiger partial charge in [0.1, 0.15) is 5.69 Å². The first-order valence-electron chi connectivity index (χ1n) is 10.5. The summed E-state index contributed by atoms with van der Waals surface area (Å²) in [5.74, 6) is 1.58. The summed E-state index contributed by atoms with van der Waals surface area (Å²) in [6.45, 7) is 14.3. The smallest absolute Gasteiger partial charge is 0.319 e. The van der Waals surface area contributed by atoms with Crippen LogP contribution in [0.15, 0.2) is 12.3 Å². The van der Waals surface area contributed by atoms with Crippen molar-refractivity contribution in [3.8, 4) is 23.1 Å². The van der Waals surface area contributed by atoms with E-state index >= 15 is 0 Å². The van der Waals surface area contributed by atoms with Gasteiger partial charge in [-0.25, -0.2) is 4.98 Å². The van der Waals surface area contributed by atoms with E-state index in [-0.39, 0.29) is 11.0 Å². The third-order valence-electron chi connectivity index (χ3n) is 6.48. The predicted molar refractivity (Wildman–Crippen MR) is 120 cm³/mol. The molecule has 2 aromatic rings. The zero-order valence-electron chi connectivity index (χ0n) is 19.4. The number of hydrogen-bond donors (Lipinski definition) is 0. The lowest BCUT2D eigenvalue weighted by atomic mass is 10.0. The Bertz CT molecular complexity index is 898. The molecule has 7 nitrogen and oxygen atoms in total. The van der Waals surface area contributed by atoms with E-state index in [1.165, 1.54) is 19.1 Å². The standard InChI is InChI=1S/C22H34N4O3Si/c1-14-16(17-11-15(17)9-10-29-30(7,8)22(2,3)4)12-19(26-25-14)18-13-23-21(28-6)24-20(18)27-5/h12-13,15,17H,9-11H2,1-8H3/t15-,17-/m1/s1. The fourth-order valence-electron chi connectivity index (χ4n) is 3.38. The summed E-state index contributed by atoms with van der Waals surface area (Å²) >= 11 is 0. The fourth-order valence-corrected chi connectivity index (χ4v) is 4.45. The summed E-state index contributed by atoms with van der Waals surface area (Å²) in [6, 6.07) is 2.37. The Labute approximate surface area is 180 Å². The van der Waals surface area contributed by atoms with Crippen LogP contribution in [0.2, 0.25) is 18.1 Å². The molecule has 0 aromatic carbocycles. The molecule has 0 unspecified atom stereocenters. The minimum absolute atomic E-state index is 0.246. The van der Waals surface area contributed by atoms with Crippen LogP contribution in [0.1, 0.15) is 50.8 Å². The average Bonchev–Trinajstić information content (AvgIpc) is 3.46. The Morgan fingerprint density at radius 3 is 2.50 bits per heavy atom. The summed E-state index contributed by atoms with van der Waals surface area (Å²) in [7, 11) is 1.42. The zero-order chi connectivity index (χ0) is 22.1. The normalized spacial score (nSPS) is 18.9. The molecule has 8 heteroatoms. The molecular formula is C22H34N4O3Si. The molecule has 0 bridgehead atoms. The molecule has 2 aromatic heterocycles. The van der Waals surface area contributed by atoms with Crippen molar-refractivity contribution in [2.75, 3.05) is 20.8 Å². The quantitative estimate of drug-likeness (QED) is 0.558. The van der Waals surface area contributed by atoms with Crippen molar-refractivity contribution in [1.29, 1.82) is 0 Å². The number of hydrogen-bond acceptors (Lipinski definition) is 7. The molecule has 0 radical (unpaired) electrons. The summed E-state index contributed by atoms with van der Waals surface area (Å²) in [6.07, 6.45) is 3.93. The SMILES string of the molecule is COc1ncc(-c2cc([C@@H]3C[C@H]3CCO[Si](C)(C)C(C)(C)C)c(C)nn2)c(OC)n1. The van der Waals surface area contributed by atoms with Gasteiger partial charge in [0.25, 0.3) is 0 Å². The van der Waals surface area contributed by atoms with Gasteiger partial charge in [0.05, 0.1) is 25.5 Å². The van der Waals surface area contributed by atoms with Gasteiger partial charge in [0, 0.05) is 12.8 Å². The molecule has 1 saturated carbocycles. The fraction of sp³-hybridized carbons (Fsp3) is 0.636. The molecule has 0 aliphatic heterocycles. The molecule has 2 atom stereocenters. The van der Waals surface area contributed by atoms with Gasteiger partial charge in [0.15, 0.2) is 8.32 Å². The molecule has 0 amide bonds. The number of methoxy groups -OCH3 is 2. The molecular weight excluding hydrogens is 396 g/mol. The van der Waals surface area contributed by atoms with Crippen molar-refractivity contribution < 1.29 is 13.9 Å². The van der Waals surface area contributed by atoms with E-state index in [1.807, 2.05) is 6.92 Å². The zero-order valence-corrected chi connectivity index (χ0v) is 20.4. The molecule has 164 valence electrons. The van der Waals surface area contributed by atoms with Gasteiger partial charge >= 0.3 is 6.01 Å². The van der Waals surface area contributed by atoms with Crippen LogP contribution in [0.4, 0.5) is 0 Å². The van der Waals surface area contributed by atoms with Gasteiger partial charge < -0.3 is 13.9 Å². The van der Waals surface area contributed by atoms with Gasteiger partial charge in [-0.1, -0.05) is 20.8 Å². The van der Waals surface area contributed by atoms with Crippen molar-refractivity contribution in [1.82, 2.24) is 20.2 Å². The lowest BCUT2D eigenvalue weighted by Crippen LogP contribution is -2.41. The maximum absolute atomic E-state index is 6.37. The average molecular weight is 431 g/mol. The lowest BCUT2D eigenvalue weighted by Gasteiger charge is -2.36. The van der Waals surface area contributed by atoms with Crippen LogP contribution >= 0.6 is 0 Å². The largest absolute Gasteiger partial charge is 0.480 e. The Morgan fingerprint density at radius 2 is 1.87 bits per heavy atom. The first-order valence-corrected chi connectivity index (χ1v) is 13.4. The monoisotopic (exact) mass is 430 g/mol. The van der Waals surface area contributed by atoms with Crippen LogP contribution in [-0.4, -0.2) is 49.3 Å². The van der Waals surface area contributed by atoms with Gasteiger partial charge in [-0.2, -0.15) is 10.1 Å². The Balaban J connectivity index is 1.71. The van der Waals surface area contributed by atoms with Gasteiger partial charge in [-0.05, 0) is 61.4 Å². The van der Waals surface area contributed by atoms with E-state index in [2.05, 4.69) is 60.1 Å². The van der Waals surface area contributed by atoms with Crippen LogP contribution in [0.3, 0.4) is 0 Å². The first-order chi connectivity index (χ1) is 14.1.